The van der Waals surface area contributed by atoms with Crippen LogP contribution in [0.3, 0.4) is 0 Å². The van der Waals surface area contributed by atoms with Gasteiger partial charge in [-0.2, -0.15) is 0 Å². The number of allylic oxidation sites excluding steroid dienone is 4. The van der Waals surface area contributed by atoms with Crippen LogP contribution in [0.15, 0.2) is 41.5 Å². The SMILES string of the molecule is CC1=CC(c2ccc(F)cc2)=C(C)[CH]1. The molecular weight excluding hydrogens is 175 g/mol. The molecule has 1 aliphatic rings. The summed E-state index contributed by atoms with van der Waals surface area (Å²) in [5.41, 5.74) is 4.77. The van der Waals surface area contributed by atoms with Crippen molar-refractivity contribution in [1.82, 2.24) is 0 Å². The summed E-state index contributed by atoms with van der Waals surface area (Å²) in [5.74, 6) is -0.185. The molecule has 0 fully saturated rings. The van der Waals surface area contributed by atoms with E-state index in [4.69, 9.17) is 0 Å². The van der Waals surface area contributed by atoms with E-state index in [1.54, 1.807) is 0 Å². The van der Waals surface area contributed by atoms with Gasteiger partial charge in [0.15, 0.2) is 0 Å². The van der Waals surface area contributed by atoms with Gasteiger partial charge in [-0.05, 0) is 37.1 Å². The second-order valence-electron chi connectivity index (χ2n) is 3.64. The predicted molar refractivity (Wildman–Crippen MR) is 57.1 cm³/mol. The second-order valence-corrected chi connectivity index (χ2v) is 3.64. The van der Waals surface area contributed by atoms with Crippen molar-refractivity contribution in [1.29, 1.82) is 0 Å². The third-order valence-corrected chi connectivity index (χ3v) is 2.40. The van der Waals surface area contributed by atoms with E-state index in [0.717, 1.165) is 5.56 Å². The molecule has 0 unspecified atom stereocenters. The van der Waals surface area contributed by atoms with Crippen LogP contribution in [0.4, 0.5) is 4.39 Å². The van der Waals surface area contributed by atoms with E-state index in [9.17, 15) is 4.39 Å². The van der Waals surface area contributed by atoms with Gasteiger partial charge in [-0.25, -0.2) is 4.39 Å². The van der Waals surface area contributed by atoms with Crippen LogP contribution < -0.4 is 0 Å². The molecule has 1 aromatic carbocycles. The first-order valence-electron chi connectivity index (χ1n) is 4.67. The summed E-state index contributed by atoms with van der Waals surface area (Å²) in [7, 11) is 0. The number of hydrogen-bond donors (Lipinski definition) is 0. The van der Waals surface area contributed by atoms with Crippen LogP contribution in [0.25, 0.3) is 5.57 Å². The van der Waals surface area contributed by atoms with Crippen molar-refractivity contribution in [3.05, 3.63) is 59.3 Å². The van der Waals surface area contributed by atoms with E-state index in [2.05, 4.69) is 26.3 Å². The molecule has 1 aromatic rings. The summed E-state index contributed by atoms with van der Waals surface area (Å²) >= 11 is 0. The third-order valence-electron chi connectivity index (χ3n) is 2.40. The maximum Gasteiger partial charge on any atom is 0.123 e. The molecule has 1 radical (unpaired) electrons. The highest BCUT2D eigenvalue weighted by molar-refractivity contribution is 5.82. The van der Waals surface area contributed by atoms with E-state index in [-0.39, 0.29) is 5.82 Å². The Morgan fingerprint density at radius 3 is 2.14 bits per heavy atom. The zero-order valence-electron chi connectivity index (χ0n) is 8.34. The quantitative estimate of drug-likeness (QED) is 0.628. The Labute approximate surface area is 83.8 Å². The molecule has 0 nitrogen and oxygen atoms in total. The fraction of sp³-hybridized carbons (Fsp3) is 0.154. The highest BCUT2D eigenvalue weighted by atomic mass is 19.1. The summed E-state index contributed by atoms with van der Waals surface area (Å²) in [4.78, 5) is 0. The van der Waals surface area contributed by atoms with Crippen molar-refractivity contribution < 1.29 is 4.39 Å². The minimum Gasteiger partial charge on any atom is -0.207 e. The lowest BCUT2D eigenvalue weighted by Gasteiger charge is -2.01. The van der Waals surface area contributed by atoms with Gasteiger partial charge in [-0.15, -0.1) is 0 Å². The van der Waals surface area contributed by atoms with Crippen LogP contribution in [0.2, 0.25) is 0 Å². The van der Waals surface area contributed by atoms with Gasteiger partial charge in [0.2, 0.25) is 0 Å². The zero-order valence-corrected chi connectivity index (χ0v) is 8.34. The van der Waals surface area contributed by atoms with E-state index in [1.165, 1.54) is 28.9 Å². The van der Waals surface area contributed by atoms with Crippen LogP contribution >= 0.6 is 0 Å². The summed E-state index contributed by atoms with van der Waals surface area (Å²) in [6.07, 6.45) is 4.27. The molecule has 0 aliphatic heterocycles. The van der Waals surface area contributed by atoms with Crippen LogP contribution in [0, 0.1) is 12.2 Å². The fourth-order valence-electron chi connectivity index (χ4n) is 1.74. The molecule has 1 aliphatic carbocycles. The molecule has 0 amide bonds. The maximum atomic E-state index is 12.7. The Morgan fingerprint density at radius 2 is 1.64 bits per heavy atom. The van der Waals surface area contributed by atoms with Gasteiger partial charge >= 0.3 is 0 Å². The lowest BCUT2D eigenvalue weighted by molar-refractivity contribution is 0.627. The number of hydrogen-bond acceptors (Lipinski definition) is 0. The molecular formula is C13H12F. The van der Waals surface area contributed by atoms with Crippen LogP contribution in [0.5, 0.6) is 0 Å². The summed E-state index contributed by atoms with van der Waals surface area (Å²) in [6.45, 7) is 4.14. The molecule has 0 saturated carbocycles. The minimum atomic E-state index is -0.185. The van der Waals surface area contributed by atoms with Crippen molar-refractivity contribution in [2.45, 2.75) is 13.8 Å². The molecule has 14 heavy (non-hydrogen) atoms. The Kier molecular flexibility index (Phi) is 2.24. The van der Waals surface area contributed by atoms with E-state index < -0.39 is 0 Å². The zero-order chi connectivity index (χ0) is 10.1. The molecule has 0 heterocycles. The maximum absolute atomic E-state index is 12.7. The monoisotopic (exact) mass is 187 g/mol. The Balaban J connectivity index is 2.41. The molecule has 0 N–H and O–H groups in total. The van der Waals surface area contributed by atoms with Crippen molar-refractivity contribution in [3.8, 4) is 0 Å². The largest absolute Gasteiger partial charge is 0.207 e. The molecule has 0 spiro atoms. The lowest BCUT2D eigenvalue weighted by atomic mass is 10.0. The number of benzene rings is 1. The van der Waals surface area contributed by atoms with Gasteiger partial charge in [0.05, 0.1) is 0 Å². The van der Waals surface area contributed by atoms with Crippen molar-refractivity contribution in [2.75, 3.05) is 0 Å². The smallest absolute Gasteiger partial charge is 0.123 e. The lowest BCUT2D eigenvalue weighted by Crippen LogP contribution is -1.82. The molecule has 0 bridgehead atoms. The molecule has 71 valence electrons. The van der Waals surface area contributed by atoms with Gasteiger partial charge < -0.3 is 0 Å². The molecule has 0 aromatic heterocycles. The number of halogens is 1. The minimum absolute atomic E-state index is 0.185. The average molecular weight is 187 g/mol. The van der Waals surface area contributed by atoms with E-state index >= 15 is 0 Å². The summed E-state index contributed by atoms with van der Waals surface area (Å²) < 4.78 is 12.7. The van der Waals surface area contributed by atoms with Gasteiger partial charge in [0.25, 0.3) is 0 Å². The summed E-state index contributed by atoms with van der Waals surface area (Å²) in [5, 5.41) is 0. The summed E-state index contributed by atoms with van der Waals surface area (Å²) in [6, 6.07) is 6.63. The van der Waals surface area contributed by atoms with Gasteiger partial charge in [-0.1, -0.05) is 29.4 Å². The van der Waals surface area contributed by atoms with Crippen molar-refractivity contribution >= 4 is 5.57 Å². The highest BCUT2D eigenvalue weighted by Gasteiger charge is 2.11. The molecule has 2 rings (SSSR count). The Hall–Kier alpha value is -1.37. The average Bonchev–Trinajstić information content (AvgIpc) is 2.47. The first kappa shape index (κ1) is 9.20. The topological polar surface area (TPSA) is 0 Å². The van der Waals surface area contributed by atoms with Crippen molar-refractivity contribution in [3.63, 3.8) is 0 Å². The molecule has 1 heteroatoms. The van der Waals surface area contributed by atoms with Gasteiger partial charge in [0, 0.05) is 6.42 Å². The van der Waals surface area contributed by atoms with Gasteiger partial charge in [-0.3, -0.25) is 0 Å². The third kappa shape index (κ3) is 1.63. The first-order chi connectivity index (χ1) is 6.66. The second kappa shape index (κ2) is 3.41. The van der Waals surface area contributed by atoms with E-state index in [1.807, 2.05) is 12.1 Å². The van der Waals surface area contributed by atoms with E-state index in [0.29, 0.717) is 0 Å². The van der Waals surface area contributed by atoms with Gasteiger partial charge in [0.1, 0.15) is 5.82 Å². The normalized spacial score (nSPS) is 16.1. The molecule has 0 saturated heterocycles. The standard InChI is InChI=1S/C13H12F/c1-9-7-10(2)13(8-9)11-3-5-12(14)6-4-11/h3-8H,1-2H3. The van der Waals surface area contributed by atoms with Crippen molar-refractivity contribution in [2.24, 2.45) is 0 Å². The Morgan fingerprint density at radius 1 is 1.00 bits per heavy atom. The Bertz CT molecular complexity index is 407. The predicted octanol–water partition coefficient (Wildman–Crippen LogP) is 3.76. The fourth-order valence-corrected chi connectivity index (χ4v) is 1.74. The number of rotatable bonds is 1. The first-order valence-corrected chi connectivity index (χ1v) is 4.67. The van der Waals surface area contributed by atoms with Crippen LogP contribution in [0.1, 0.15) is 19.4 Å². The van der Waals surface area contributed by atoms with Crippen LogP contribution in [-0.2, 0) is 0 Å². The highest BCUT2D eigenvalue weighted by Crippen LogP contribution is 2.30. The molecule has 0 atom stereocenters. The van der Waals surface area contributed by atoms with Crippen LogP contribution in [-0.4, -0.2) is 0 Å².